The predicted octanol–water partition coefficient (Wildman–Crippen LogP) is 3.44. The molecule has 1 nitrogen and oxygen atoms in total. The summed E-state index contributed by atoms with van der Waals surface area (Å²) in [5, 5.41) is 2.95. The quantitative estimate of drug-likeness (QED) is 0.451. The van der Waals surface area contributed by atoms with Crippen LogP contribution in [0.5, 0.6) is 0 Å². The Labute approximate surface area is 132 Å². The normalized spacial score (nSPS) is 12.4. The maximum Gasteiger partial charge on any atom is 0.162 e. The van der Waals surface area contributed by atoms with Gasteiger partial charge in [-0.2, -0.15) is 0 Å². The number of hydrogen-bond donors (Lipinski definition) is 0. The summed E-state index contributed by atoms with van der Waals surface area (Å²) in [5.74, 6) is 0. The fourth-order valence-corrected chi connectivity index (χ4v) is 6.64. The summed E-state index contributed by atoms with van der Waals surface area (Å²) >= 11 is 0. The first-order valence-corrected chi connectivity index (χ1v) is 10.7. The zero-order valence-corrected chi connectivity index (χ0v) is 15.6. The average molecular weight is 316 g/mol. The van der Waals surface area contributed by atoms with Gasteiger partial charge in [-0.3, -0.25) is 0 Å². The molecule has 0 aromatic heterocycles. The van der Waals surface area contributed by atoms with Gasteiger partial charge < -0.3 is 4.43 Å². The molecule has 0 radical (unpaired) electrons. The van der Waals surface area contributed by atoms with Crippen molar-refractivity contribution >= 4 is 28.3 Å². The molecular formula is C18H25OPSi. The molecule has 0 amide bonds. The third-order valence-electron chi connectivity index (χ3n) is 3.20. The van der Waals surface area contributed by atoms with E-state index in [2.05, 4.69) is 81.4 Å². The van der Waals surface area contributed by atoms with E-state index >= 15 is 0 Å². The molecule has 0 bridgehead atoms. The van der Waals surface area contributed by atoms with Crippen LogP contribution < -0.4 is 10.6 Å². The molecule has 0 N–H and O–H groups in total. The van der Waals surface area contributed by atoms with Gasteiger partial charge in [0.25, 0.3) is 0 Å². The smallest absolute Gasteiger partial charge is 0.162 e. The highest BCUT2D eigenvalue weighted by Crippen LogP contribution is 2.34. The summed E-state index contributed by atoms with van der Waals surface area (Å²) in [6.07, 6.45) is 1.24. The molecule has 2 aromatic rings. The van der Waals surface area contributed by atoms with Crippen LogP contribution in [-0.4, -0.2) is 21.5 Å². The predicted molar refractivity (Wildman–Crippen MR) is 98.1 cm³/mol. The van der Waals surface area contributed by atoms with Crippen LogP contribution in [0.3, 0.4) is 0 Å². The van der Waals surface area contributed by atoms with Gasteiger partial charge in [-0.15, -0.1) is 0 Å². The van der Waals surface area contributed by atoms with Crippen LogP contribution in [0.15, 0.2) is 60.7 Å². The van der Waals surface area contributed by atoms with Crippen LogP contribution in [0.4, 0.5) is 0 Å². The van der Waals surface area contributed by atoms with Gasteiger partial charge in [-0.05, 0) is 51.5 Å². The molecule has 0 aliphatic rings. The Morgan fingerprint density at radius 2 is 1.33 bits per heavy atom. The van der Waals surface area contributed by atoms with E-state index in [9.17, 15) is 0 Å². The SMILES string of the molecule is CC(C)(C)O[SiH2]CCP(c1ccccc1)c1ccccc1. The van der Waals surface area contributed by atoms with Crippen molar-refractivity contribution < 1.29 is 4.43 Å². The molecule has 0 saturated heterocycles. The number of benzene rings is 2. The highest BCUT2D eigenvalue weighted by Gasteiger charge is 2.14. The third kappa shape index (κ3) is 5.74. The van der Waals surface area contributed by atoms with E-state index in [4.69, 9.17) is 4.43 Å². The third-order valence-corrected chi connectivity index (χ3v) is 8.11. The Bertz CT molecular complexity index is 482. The monoisotopic (exact) mass is 316 g/mol. The van der Waals surface area contributed by atoms with Gasteiger partial charge in [-0.25, -0.2) is 0 Å². The molecule has 0 heterocycles. The maximum absolute atomic E-state index is 6.00. The van der Waals surface area contributed by atoms with Crippen molar-refractivity contribution in [3.63, 3.8) is 0 Å². The summed E-state index contributed by atoms with van der Waals surface area (Å²) in [6.45, 7) is 6.45. The largest absolute Gasteiger partial charge is 0.419 e. The molecule has 2 rings (SSSR count). The van der Waals surface area contributed by atoms with Gasteiger partial charge >= 0.3 is 0 Å². The molecule has 0 unspecified atom stereocenters. The van der Waals surface area contributed by atoms with E-state index in [0.717, 1.165) is 0 Å². The summed E-state index contributed by atoms with van der Waals surface area (Å²) in [5.41, 5.74) is 0.0223. The Morgan fingerprint density at radius 3 is 1.76 bits per heavy atom. The van der Waals surface area contributed by atoms with E-state index in [-0.39, 0.29) is 13.5 Å². The standard InChI is InChI=1S/C18H25OPSi/c1-18(2,3)19-21-15-14-20(16-10-6-4-7-11-16)17-12-8-5-9-13-17/h4-13H,14-15,21H2,1-3H3. The molecule has 0 aliphatic carbocycles. The zero-order valence-electron chi connectivity index (χ0n) is 13.3. The molecule has 0 fully saturated rings. The molecule has 0 aliphatic heterocycles. The van der Waals surface area contributed by atoms with Gasteiger partial charge in [0.05, 0.1) is 0 Å². The summed E-state index contributed by atoms with van der Waals surface area (Å²) in [6, 6.07) is 23.1. The molecule has 0 atom stereocenters. The Balaban J connectivity index is 2.04. The van der Waals surface area contributed by atoms with E-state index in [1.165, 1.54) is 22.8 Å². The Morgan fingerprint density at radius 1 is 0.857 bits per heavy atom. The average Bonchev–Trinajstić information content (AvgIpc) is 2.48. The second-order valence-electron chi connectivity index (χ2n) is 6.14. The van der Waals surface area contributed by atoms with Crippen LogP contribution >= 0.6 is 7.92 Å². The van der Waals surface area contributed by atoms with E-state index in [0.29, 0.717) is 0 Å². The first kappa shape index (κ1) is 16.4. The fraction of sp³-hybridized carbons (Fsp3) is 0.333. The molecular weight excluding hydrogens is 291 g/mol. The lowest BCUT2D eigenvalue weighted by Crippen LogP contribution is -2.22. The zero-order chi connectivity index (χ0) is 15.1. The lowest BCUT2D eigenvalue weighted by atomic mass is 10.2. The molecule has 3 heteroatoms. The Hall–Kier alpha value is -0.953. The number of rotatable bonds is 6. The second kappa shape index (κ2) is 7.89. The summed E-state index contributed by atoms with van der Waals surface area (Å²) in [4.78, 5) is 0. The molecule has 21 heavy (non-hydrogen) atoms. The second-order valence-corrected chi connectivity index (χ2v) is 9.88. The van der Waals surface area contributed by atoms with E-state index in [1.807, 2.05) is 0 Å². The number of hydrogen-bond acceptors (Lipinski definition) is 1. The summed E-state index contributed by atoms with van der Waals surface area (Å²) in [7, 11) is -0.673. The first-order chi connectivity index (χ1) is 10.1. The van der Waals surface area contributed by atoms with Crippen molar-refractivity contribution in [2.75, 3.05) is 6.16 Å². The van der Waals surface area contributed by atoms with Crippen molar-refractivity contribution in [2.24, 2.45) is 0 Å². The first-order valence-electron chi connectivity index (χ1n) is 7.58. The lowest BCUT2D eigenvalue weighted by molar-refractivity contribution is 0.138. The molecule has 2 aromatic carbocycles. The fourth-order valence-electron chi connectivity index (χ4n) is 2.22. The highest BCUT2D eigenvalue weighted by molar-refractivity contribution is 7.73. The van der Waals surface area contributed by atoms with Gasteiger partial charge in [0.15, 0.2) is 9.76 Å². The van der Waals surface area contributed by atoms with Crippen molar-refractivity contribution in [1.82, 2.24) is 0 Å². The van der Waals surface area contributed by atoms with E-state index in [1.54, 1.807) is 0 Å². The molecule has 0 spiro atoms. The highest BCUT2D eigenvalue weighted by atomic mass is 31.1. The van der Waals surface area contributed by atoms with Crippen molar-refractivity contribution in [1.29, 1.82) is 0 Å². The van der Waals surface area contributed by atoms with Gasteiger partial charge in [-0.1, -0.05) is 60.7 Å². The molecule has 112 valence electrons. The van der Waals surface area contributed by atoms with Crippen molar-refractivity contribution in [3.05, 3.63) is 60.7 Å². The minimum Gasteiger partial charge on any atom is -0.419 e. The van der Waals surface area contributed by atoms with Gasteiger partial charge in [0.1, 0.15) is 0 Å². The minimum absolute atomic E-state index is 0.0223. The minimum atomic E-state index is -0.429. The van der Waals surface area contributed by atoms with Crippen LogP contribution in [0, 0.1) is 0 Å². The van der Waals surface area contributed by atoms with E-state index < -0.39 is 9.76 Å². The van der Waals surface area contributed by atoms with Crippen LogP contribution in [-0.2, 0) is 4.43 Å². The lowest BCUT2D eigenvalue weighted by Gasteiger charge is -2.22. The van der Waals surface area contributed by atoms with Crippen molar-refractivity contribution in [2.45, 2.75) is 32.4 Å². The topological polar surface area (TPSA) is 9.23 Å². The summed E-state index contributed by atoms with van der Waals surface area (Å²) < 4.78 is 6.00. The van der Waals surface area contributed by atoms with Crippen molar-refractivity contribution in [3.8, 4) is 0 Å². The van der Waals surface area contributed by atoms with Gasteiger partial charge in [0, 0.05) is 5.60 Å². The molecule has 0 saturated carbocycles. The van der Waals surface area contributed by atoms with Crippen LogP contribution in [0.2, 0.25) is 6.04 Å². The van der Waals surface area contributed by atoms with Gasteiger partial charge in [0.2, 0.25) is 0 Å². The van der Waals surface area contributed by atoms with Crippen LogP contribution in [0.25, 0.3) is 0 Å². The maximum atomic E-state index is 6.00. The Kier molecular flexibility index (Phi) is 6.17. The van der Waals surface area contributed by atoms with Crippen LogP contribution in [0.1, 0.15) is 20.8 Å².